The van der Waals surface area contributed by atoms with Crippen LogP contribution in [0.2, 0.25) is 0 Å². The van der Waals surface area contributed by atoms with Gasteiger partial charge in [0.05, 0.1) is 0 Å². The van der Waals surface area contributed by atoms with Crippen LogP contribution in [0.15, 0.2) is 22.9 Å². The molecule has 3 heteroatoms. The van der Waals surface area contributed by atoms with Crippen LogP contribution >= 0.6 is 22.7 Å². The van der Waals surface area contributed by atoms with Crippen LogP contribution in [0, 0.1) is 18.3 Å². The van der Waals surface area contributed by atoms with Gasteiger partial charge in [0.1, 0.15) is 10.9 Å². The maximum absolute atomic E-state index is 8.70. The summed E-state index contributed by atoms with van der Waals surface area (Å²) >= 11 is 3.35. The van der Waals surface area contributed by atoms with Crippen molar-refractivity contribution in [2.24, 2.45) is 0 Å². The first-order valence-electron chi connectivity index (χ1n) is 4.79. The van der Waals surface area contributed by atoms with Crippen LogP contribution in [0.25, 0.3) is 0 Å². The molecule has 0 aromatic carbocycles. The fourth-order valence-electron chi connectivity index (χ4n) is 1.45. The highest BCUT2D eigenvalue weighted by atomic mass is 32.1. The number of aryl methyl sites for hydroxylation is 3. The lowest BCUT2D eigenvalue weighted by molar-refractivity contribution is 0.986. The minimum absolute atomic E-state index is 0.812. The van der Waals surface area contributed by atoms with Gasteiger partial charge in [-0.1, -0.05) is 0 Å². The Morgan fingerprint density at radius 3 is 2.67 bits per heavy atom. The summed E-state index contributed by atoms with van der Waals surface area (Å²) in [6, 6.07) is 6.40. The molecule has 0 N–H and O–H groups in total. The summed E-state index contributed by atoms with van der Waals surface area (Å²) in [6.07, 6.45) is 2.12. The SMILES string of the molecule is Cc1csc(CCc2csc(C#N)c2)c1. The molecule has 0 saturated carbocycles. The molecule has 2 rings (SSSR count). The molecule has 0 spiro atoms. The number of thiophene rings is 2. The summed E-state index contributed by atoms with van der Waals surface area (Å²) < 4.78 is 0. The summed E-state index contributed by atoms with van der Waals surface area (Å²) in [7, 11) is 0. The second kappa shape index (κ2) is 4.61. The molecule has 0 unspecified atom stereocenters. The molecule has 0 saturated heterocycles. The molecule has 2 aromatic heterocycles. The van der Waals surface area contributed by atoms with Crippen LogP contribution < -0.4 is 0 Å². The van der Waals surface area contributed by atoms with Gasteiger partial charge in [-0.2, -0.15) is 5.26 Å². The molecule has 0 amide bonds. The predicted molar refractivity (Wildman–Crippen MR) is 65.5 cm³/mol. The summed E-state index contributed by atoms with van der Waals surface area (Å²) in [5.74, 6) is 0. The summed E-state index contributed by atoms with van der Waals surface area (Å²) in [5.41, 5.74) is 2.63. The minimum atomic E-state index is 0.812. The average Bonchev–Trinajstić information content (AvgIpc) is 2.83. The second-order valence-electron chi connectivity index (χ2n) is 3.52. The van der Waals surface area contributed by atoms with Crippen molar-refractivity contribution < 1.29 is 0 Å². The molecule has 76 valence electrons. The second-order valence-corrected chi connectivity index (χ2v) is 5.43. The van der Waals surface area contributed by atoms with Crippen LogP contribution in [0.3, 0.4) is 0 Å². The highest BCUT2D eigenvalue weighted by Crippen LogP contribution is 2.19. The van der Waals surface area contributed by atoms with Crippen LogP contribution in [-0.2, 0) is 12.8 Å². The van der Waals surface area contributed by atoms with Gasteiger partial charge < -0.3 is 0 Å². The first kappa shape index (κ1) is 10.4. The van der Waals surface area contributed by atoms with E-state index < -0.39 is 0 Å². The molecule has 1 nitrogen and oxygen atoms in total. The van der Waals surface area contributed by atoms with E-state index in [0.29, 0.717) is 0 Å². The number of rotatable bonds is 3. The van der Waals surface area contributed by atoms with Crippen molar-refractivity contribution >= 4 is 22.7 Å². The summed E-state index contributed by atoms with van der Waals surface area (Å²) in [6.45, 7) is 2.12. The van der Waals surface area contributed by atoms with Crippen molar-refractivity contribution in [3.8, 4) is 6.07 Å². The molecular weight excluding hydrogens is 222 g/mol. The van der Waals surface area contributed by atoms with Crippen molar-refractivity contribution in [1.29, 1.82) is 5.26 Å². The highest BCUT2D eigenvalue weighted by molar-refractivity contribution is 7.10. The Bertz CT molecular complexity index is 488. The van der Waals surface area contributed by atoms with Gasteiger partial charge >= 0.3 is 0 Å². The first-order chi connectivity index (χ1) is 7.28. The third kappa shape index (κ3) is 2.68. The normalized spacial score (nSPS) is 10.1. The number of hydrogen-bond acceptors (Lipinski definition) is 3. The van der Waals surface area contributed by atoms with E-state index in [-0.39, 0.29) is 0 Å². The minimum Gasteiger partial charge on any atom is -0.192 e. The van der Waals surface area contributed by atoms with E-state index in [2.05, 4.69) is 29.8 Å². The Balaban J connectivity index is 1.96. The molecule has 2 aromatic rings. The average molecular weight is 233 g/mol. The largest absolute Gasteiger partial charge is 0.192 e. The standard InChI is InChI=1S/C12H11NS2/c1-9-4-11(14-7-9)3-2-10-5-12(6-13)15-8-10/h4-5,7-8H,2-3H2,1H3. The van der Waals surface area contributed by atoms with Gasteiger partial charge in [-0.3, -0.25) is 0 Å². The quantitative estimate of drug-likeness (QED) is 0.791. The van der Waals surface area contributed by atoms with Crippen molar-refractivity contribution in [2.75, 3.05) is 0 Å². The summed E-state index contributed by atoms with van der Waals surface area (Å²) in [5, 5.41) is 13.0. The van der Waals surface area contributed by atoms with Crippen molar-refractivity contribution in [2.45, 2.75) is 19.8 Å². The Kier molecular flexibility index (Phi) is 3.20. The predicted octanol–water partition coefficient (Wildman–Crippen LogP) is 3.77. The maximum Gasteiger partial charge on any atom is 0.110 e. The molecule has 0 aliphatic heterocycles. The van der Waals surface area contributed by atoms with Gasteiger partial charge in [0.2, 0.25) is 0 Å². The molecule has 0 aliphatic rings. The van der Waals surface area contributed by atoms with E-state index >= 15 is 0 Å². The van der Waals surface area contributed by atoms with E-state index in [1.54, 1.807) is 0 Å². The Hall–Kier alpha value is -1.11. The van der Waals surface area contributed by atoms with Crippen LogP contribution in [0.1, 0.15) is 20.9 Å². The zero-order valence-corrected chi connectivity index (χ0v) is 10.1. The van der Waals surface area contributed by atoms with Gasteiger partial charge in [-0.15, -0.1) is 22.7 Å². The van der Waals surface area contributed by atoms with Gasteiger partial charge in [-0.25, -0.2) is 0 Å². The number of nitrogens with zero attached hydrogens (tertiary/aromatic N) is 1. The number of nitriles is 1. The highest BCUT2D eigenvalue weighted by Gasteiger charge is 2.01. The fraction of sp³-hybridized carbons (Fsp3) is 0.250. The Labute approximate surface area is 97.6 Å². The zero-order valence-electron chi connectivity index (χ0n) is 8.49. The lowest BCUT2D eigenvalue weighted by Crippen LogP contribution is -1.85. The molecule has 0 bridgehead atoms. The molecule has 0 radical (unpaired) electrons. The molecule has 0 fully saturated rings. The maximum atomic E-state index is 8.70. The lowest BCUT2D eigenvalue weighted by atomic mass is 10.1. The molecule has 0 atom stereocenters. The third-order valence-corrected chi connectivity index (χ3v) is 4.21. The van der Waals surface area contributed by atoms with E-state index in [9.17, 15) is 0 Å². The fourth-order valence-corrected chi connectivity index (χ4v) is 3.07. The van der Waals surface area contributed by atoms with E-state index in [1.165, 1.54) is 27.3 Å². The smallest absolute Gasteiger partial charge is 0.110 e. The molecule has 2 heterocycles. The van der Waals surface area contributed by atoms with Crippen molar-refractivity contribution in [3.05, 3.63) is 43.8 Å². The first-order valence-corrected chi connectivity index (χ1v) is 6.55. The van der Waals surface area contributed by atoms with Gasteiger partial charge in [0.15, 0.2) is 0 Å². The zero-order chi connectivity index (χ0) is 10.7. The van der Waals surface area contributed by atoms with Gasteiger partial charge in [-0.05, 0) is 53.8 Å². The lowest BCUT2D eigenvalue weighted by Gasteiger charge is -1.94. The number of hydrogen-bond donors (Lipinski definition) is 0. The topological polar surface area (TPSA) is 23.8 Å². The van der Waals surface area contributed by atoms with E-state index in [0.717, 1.165) is 17.7 Å². The Morgan fingerprint density at radius 1 is 1.20 bits per heavy atom. The van der Waals surface area contributed by atoms with E-state index in [4.69, 9.17) is 5.26 Å². The summed E-state index contributed by atoms with van der Waals surface area (Å²) in [4.78, 5) is 2.24. The Morgan fingerprint density at radius 2 is 2.07 bits per heavy atom. The monoisotopic (exact) mass is 233 g/mol. The molecule has 15 heavy (non-hydrogen) atoms. The van der Waals surface area contributed by atoms with Crippen LogP contribution in [0.5, 0.6) is 0 Å². The molecule has 0 aliphatic carbocycles. The van der Waals surface area contributed by atoms with Crippen LogP contribution in [-0.4, -0.2) is 0 Å². The molecular formula is C12H11NS2. The van der Waals surface area contributed by atoms with Crippen molar-refractivity contribution in [1.82, 2.24) is 0 Å². The van der Waals surface area contributed by atoms with Crippen LogP contribution in [0.4, 0.5) is 0 Å². The van der Waals surface area contributed by atoms with Crippen molar-refractivity contribution in [3.63, 3.8) is 0 Å². The van der Waals surface area contributed by atoms with E-state index in [1.807, 2.05) is 17.4 Å². The van der Waals surface area contributed by atoms with Gasteiger partial charge in [0, 0.05) is 4.88 Å². The third-order valence-electron chi connectivity index (χ3n) is 2.21. The van der Waals surface area contributed by atoms with Gasteiger partial charge in [0.25, 0.3) is 0 Å².